The molecular formula is C24H44CeO8. The van der Waals surface area contributed by atoms with E-state index in [-0.39, 0.29) is 65.4 Å². The second-order valence-electron chi connectivity index (χ2n) is 7.33. The first-order chi connectivity index (χ1) is 14.9. The van der Waals surface area contributed by atoms with E-state index >= 15 is 0 Å². The van der Waals surface area contributed by atoms with Crippen LogP contribution in [0.1, 0.15) is 107 Å². The number of carbonyl (C=O) groups is 4. The molecule has 0 saturated heterocycles. The second-order valence-corrected chi connectivity index (χ2v) is 7.33. The molecule has 0 N–H and O–H groups in total. The molecule has 0 aromatic carbocycles. The van der Waals surface area contributed by atoms with Crippen LogP contribution >= 0.6 is 0 Å². The molecule has 0 saturated carbocycles. The smallest absolute Gasteiger partial charge is 0.550 e. The zero-order valence-electron chi connectivity index (χ0n) is 21.7. The van der Waals surface area contributed by atoms with E-state index < -0.39 is 23.9 Å². The van der Waals surface area contributed by atoms with Crippen molar-refractivity contribution in [2.24, 2.45) is 23.7 Å². The maximum Gasteiger partial charge on any atom is 4.00 e. The number of hydrogen-bond acceptors (Lipinski definition) is 8. The minimum atomic E-state index is -0.921. The summed E-state index contributed by atoms with van der Waals surface area (Å²) in [6.45, 7) is 14.8. The second kappa shape index (κ2) is 29.3. The number of hydrogen-bond donors (Lipinski definition) is 0. The average Bonchev–Trinajstić information content (AvgIpc) is 2.72. The van der Waals surface area contributed by atoms with Crippen LogP contribution in [0.15, 0.2) is 0 Å². The van der Waals surface area contributed by atoms with Gasteiger partial charge in [-0.05, 0) is 75.0 Å². The van der Waals surface area contributed by atoms with Gasteiger partial charge in [0.05, 0.1) is 0 Å². The van der Waals surface area contributed by atoms with Crippen molar-refractivity contribution in [3.63, 3.8) is 0 Å². The maximum atomic E-state index is 10.1. The van der Waals surface area contributed by atoms with Gasteiger partial charge in [0.1, 0.15) is 0 Å². The van der Waals surface area contributed by atoms with Crippen LogP contribution in [0.25, 0.3) is 0 Å². The van der Waals surface area contributed by atoms with Gasteiger partial charge in [-0.1, -0.05) is 55.4 Å². The molecule has 0 rings (SSSR count). The largest absolute Gasteiger partial charge is 4.00 e. The molecule has 0 unspecified atom stereocenters. The van der Waals surface area contributed by atoms with Crippen molar-refractivity contribution in [2.45, 2.75) is 107 Å². The van der Waals surface area contributed by atoms with Gasteiger partial charge in [-0.2, -0.15) is 0 Å². The van der Waals surface area contributed by atoms with E-state index in [0.717, 1.165) is 0 Å². The molecule has 0 bridgehead atoms. The summed E-state index contributed by atoms with van der Waals surface area (Å²) in [5, 5.41) is 40.2. The SMILES string of the molecule is CCC(CC)C(=O)[O-].CCC(CC)C(=O)[O-].CCC(CC)C(=O)[O-].CCC(CC)C(=O)[O-].[Ce+4]. The van der Waals surface area contributed by atoms with Crippen molar-refractivity contribution < 1.29 is 81.4 Å². The van der Waals surface area contributed by atoms with Crippen LogP contribution in [-0.4, -0.2) is 23.9 Å². The Kier molecular flexibility index (Phi) is 37.6. The quantitative estimate of drug-likeness (QED) is 0.316. The van der Waals surface area contributed by atoms with Crippen LogP contribution in [0.4, 0.5) is 0 Å². The molecule has 9 heteroatoms. The fourth-order valence-corrected chi connectivity index (χ4v) is 2.49. The monoisotopic (exact) mass is 600 g/mol. The Morgan fingerprint density at radius 1 is 0.394 bits per heavy atom. The fourth-order valence-electron chi connectivity index (χ4n) is 2.49. The molecule has 0 aliphatic rings. The first-order valence-electron chi connectivity index (χ1n) is 11.7. The van der Waals surface area contributed by atoms with E-state index in [2.05, 4.69) is 0 Å². The molecule has 0 aromatic rings. The van der Waals surface area contributed by atoms with Crippen molar-refractivity contribution in [1.82, 2.24) is 0 Å². The van der Waals surface area contributed by atoms with Crippen molar-refractivity contribution in [3.8, 4) is 0 Å². The van der Waals surface area contributed by atoms with Crippen LogP contribution in [0.3, 0.4) is 0 Å². The molecule has 192 valence electrons. The Labute approximate surface area is 234 Å². The van der Waals surface area contributed by atoms with E-state index in [1.54, 1.807) is 0 Å². The van der Waals surface area contributed by atoms with Crippen molar-refractivity contribution in [3.05, 3.63) is 0 Å². The van der Waals surface area contributed by atoms with Gasteiger partial charge >= 0.3 is 41.7 Å². The molecule has 0 spiro atoms. The van der Waals surface area contributed by atoms with Gasteiger partial charge in [0.2, 0.25) is 0 Å². The summed E-state index contributed by atoms with van der Waals surface area (Å²) in [4.78, 5) is 40.2. The first-order valence-corrected chi connectivity index (χ1v) is 11.7. The van der Waals surface area contributed by atoms with Gasteiger partial charge in [-0.15, -0.1) is 0 Å². The van der Waals surface area contributed by atoms with E-state index in [1.165, 1.54) is 0 Å². The van der Waals surface area contributed by atoms with Gasteiger partial charge in [-0.25, -0.2) is 0 Å². The molecule has 0 amide bonds. The predicted molar refractivity (Wildman–Crippen MR) is 116 cm³/mol. The van der Waals surface area contributed by atoms with Crippen LogP contribution in [-0.2, 0) is 19.2 Å². The molecule has 0 aliphatic carbocycles. The number of carboxylic acids is 4. The van der Waals surface area contributed by atoms with Gasteiger partial charge in [0.25, 0.3) is 0 Å². The molecular weight excluding hydrogens is 556 g/mol. The van der Waals surface area contributed by atoms with Gasteiger partial charge < -0.3 is 39.6 Å². The first kappa shape index (κ1) is 42.4. The number of aliphatic carboxylic acids is 4. The summed E-state index contributed by atoms with van der Waals surface area (Å²) in [5.41, 5.74) is 0. The summed E-state index contributed by atoms with van der Waals surface area (Å²) in [6, 6.07) is 0. The molecule has 0 atom stereocenters. The summed E-state index contributed by atoms with van der Waals surface area (Å²) in [7, 11) is 0. The van der Waals surface area contributed by atoms with Gasteiger partial charge in [0, 0.05) is 23.9 Å². The Bertz CT molecular complexity index is 393. The maximum absolute atomic E-state index is 10.1. The summed E-state index contributed by atoms with van der Waals surface area (Å²) in [6.07, 6.45) is 5.44. The Morgan fingerprint density at radius 3 is 0.485 bits per heavy atom. The Morgan fingerprint density at radius 2 is 0.485 bits per heavy atom. The van der Waals surface area contributed by atoms with E-state index in [4.69, 9.17) is 0 Å². The van der Waals surface area contributed by atoms with Crippen LogP contribution in [0.2, 0.25) is 0 Å². The molecule has 0 radical (unpaired) electrons. The molecule has 0 heterocycles. The van der Waals surface area contributed by atoms with Gasteiger partial charge in [0.15, 0.2) is 0 Å². The molecule has 0 fully saturated rings. The van der Waals surface area contributed by atoms with E-state index in [9.17, 15) is 39.6 Å². The topological polar surface area (TPSA) is 161 Å². The minimum absolute atomic E-state index is 0. The fraction of sp³-hybridized carbons (Fsp3) is 0.833. The van der Waals surface area contributed by atoms with Crippen molar-refractivity contribution >= 4 is 23.9 Å². The standard InChI is InChI=1S/4C6H12O2.Ce/c4*1-3-5(4-2)6(7)8;/h4*5H,3-4H2,1-2H3,(H,7,8);/q;;;;+4/p-4. The predicted octanol–water partition coefficient (Wildman–Crippen LogP) is 0.690. The molecule has 0 aliphatic heterocycles. The summed E-state index contributed by atoms with van der Waals surface area (Å²) < 4.78 is 0. The van der Waals surface area contributed by atoms with Crippen LogP contribution < -0.4 is 20.4 Å². The zero-order valence-corrected chi connectivity index (χ0v) is 24.9. The van der Waals surface area contributed by atoms with Crippen LogP contribution in [0, 0.1) is 65.4 Å². The number of carboxylic acid groups (broad SMARTS) is 4. The van der Waals surface area contributed by atoms with Crippen LogP contribution in [0.5, 0.6) is 0 Å². The average molecular weight is 601 g/mol. The van der Waals surface area contributed by atoms with Gasteiger partial charge in [-0.3, -0.25) is 0 Å². The third kappa shape index (κ3) is 27.4. The van der Waals surface area contributed by atoms with E-state index in [0.29, 0.717) is 51.4 Å². The minimum Gasteiger partial charge on any atom is -0.550 e. The zero-order chi connectivity index (χ0) is 26.3. The third-order valence-corrected chi connectivity index (χ3v) is 5.28. The van der Waals surface area contributed by atoms with Crippen molar-refractivity contribution in [1.29, 1.82) is 0 Å². The Balaban J connectivity index is -0.000000105. The number of carbonyl (C=O) groups excluding carboxylic acids is 4. The Hall–Kier alpha value is -0.743. The summed E-state index contributed by atoms with van der Waals surface area (Å²) >= 11 is 0. The number of rotatable bonds is 12. The summed E-state index contributed by atoms with van der Waals surface area (Å²) in [5.74, 6) is -4.65. The van der Waals surface area contributed by atoms with E-state index in [1.807, 2.05) is 55.4 Å². The molecule has 33 heavy (non-hydrogen) atoms. The molecule has 0 aromatic heterocycles. The third-order valence-electron chi connectivity index (χ3n) is 5.28. The normalized spacial score (nSPS) is 9.58. The van der Waals surface area contributed by atoms with Crippen molar-refractivity contribution in [2.75, 3.05) is 0 Å². The molecule has 8 nitrogen and oxygen atoms in total.